The summed E-state index contributed by atoms with van der Waals surface area (Å²) in [6.45, 7) is 2.47. The number of nitrogens with one attached hydrogen (secondary N) is 1. The van der Waals surface area contributed by atoms with E-state index in [9.17, 15) is 14.4 Å². The number of carbonyl (C=O) groups excluding carboxylic acids is 3. The predicted molar refractivity (Wildman–Crippen MR) is 108 cm³/mol. The number of halogens is 1. The van der Waals surface area contributed by atoms with E-state index < -0.39 is 5.97 Å². The third-order valence-corrected chi connectivity index (χ3v) is 5.72. The molecule has 1 aliphatic heterocycles. The second-order valence-electron chi connectivity index (χ2n) is 6.19. The van der Waals surface area contributed by atoms with Crippen molar-refractivity contribution >= 4 is 46.4 Å². The van der Waals surface area contributed by atoms with Crippen molar-refractivity contribution in [2.45, 2.75) is 0 Å². The van der Waals surface area contributed by atoms with Crippen LogP contribution in [0.1, 0.15) is 19.3 Å². The average Bonchev–Trinajstić information content (AvgIpc) is 3.21. The summed E-state index contributed by atoms with van der Waals surface area (Å²) >= 11 is 7.07. The van der Waals surface area contributed by atoms with E-state index in [1.54, 1.807) is 11.0 Å². The highest BCUT2D eigenvalue weighted by Gasteiger charge is 2.22. The van der Waals surface area contributed by atoms with Crippen molar-refractivity contribution in [1.29, 1.82) is 0 Å². The number of hydrogen-bond acceptors (Lipinski definition) is 6. The molecule has 0 saturated carbocycles. The fourth-order valence-electron chi connectivity index (χ4n) is 2.91. The van der Waals surface area contributed by atoms with Crippen LogP contribution in [0.15, 0.2) is 36.4 Å². The fraction of sp³-hybridized carbons (Fsp3) is 0.316. The van der Waals surface area contributed by atoms with Gasteiger partial charge in [0, 0.05) is 36.9 Å². The molecule has 28 heavy (non-hydrogen) atoms. The first-order valence-electron chi connectivity index (χ1n) is 8.72. The number of ether oxygens (including phenoxy) is 1. The van der Waals surface area contributed by atoms with Crippen molar-refractivity contribution in [3.63, 3.8) is 0 Å². The third-order valence-electron chi connectivity index (χ3n) is 4.42. The Hall–Kier alpha value is -2.58. The summed E-state index contributed by atoms with van der Waals surface area (Å²) < 4.78 is 4.62. The van der Waals surface area contributed by atoms with Crippen LogP contribution in [0.4, 0.5) is 5.69 Å². The van der Waals surface area contributed by atoms with Gasteiger partial charge >= 0.3 is 5.97 Å². The van der Waals surface area contributed by atoms with Gasteiger partial charge in [0.15, 0.2) is 0 Å². The number of nitrogens with zero attached hydrogens (tertiary/aromatic N) is 2. The van der Waals surface area contributed by atoms with Crippen LogP contribution in [-0.4, -0.2) is 62.5 Å². The molecule has 7 nitrogen and oxygen atoms in total. The van der Waals surface area contributed by atoms with Crippen LogP contribution in [0, 0.1) is 0 Å². The molecule has 1 N–H and O–H groups in total. The molecule has 2 amide bonds. The molecule has 0 aliphatic carbocycles. The summed E-state index contributed by atoms with van der Waals surface area (Å²) in [5.41, 5.74) is 1.03. The Kier molecular flexibility index (Phi) is 6.53. The highest BCUT2D eigenvalue weighted by molar-refractivity contribution is 7.15. The summed E-state index contributed by atoms with van der Waals surface area (Å²) in [7, 11) is 1.28. The van der Waals surface area contributed by atoms with E-state index in [1.807, 2.05) is 24.3 Å². The minimum absolute atomic E-state index is 0.0819. The molecule has 1 fully saturated rings. The molecule has 0 bridgehead atoms. The number of piperazine rings is 1. The molecule has 0 unspecified atom stereocenters. The van der Waals surface area contributed by atoms with Crippen LogP contribution in [0.2, 0.25) is 5.02 Å². The van der Waals surface area contributed by atoms with Crippen molar-refractivity contribution in [3.8, 4) is 0 Å². The zero-order chi connectivity index (χ0) is 20.1. The van der Waals surface area contributed by atoms with Crippen molar-refractivity contribution < 1.29 is 19.1 Å². The van der Waals surface area contributed by atoms with Crippen LogP contribution in [0.3, 0.4) is 0 Å². The molecule has 1 aromatic heterocycles. The van der Waals surface area contributed by atoms with Crippen molar-refractivity contribution in [3.05, 3.63) is 51.2 Å². The van der Waals surface area contributed by atoms with Crippen molar-refractivity contribution in [2.24, 2.45) is 0 Å². The van der Waals surface area contributed by atoms with Gasteiger partial charge < -0.3 is 19.9 Å². The minimum atomic E-state index is -0.488. The van der Waals surface area contributed by atoms with Gasteiger partial charge in [-0.15, -0.1) is 11.3 Å². The molecule has 1 aliphatic rings. The number of amides is 2. The summed E-state index contributed by atoms with van der Waals surface area (Å²) in [5.74, 6) is -1.01. The minimum Gasteiger partial charge on any atom is -0.465 e. The number of carbonyl (C=O) groups is 3. The van der Waals surface area contributed by atoms with Gasteiger partial charge in [-0.2, -0.15) is 0 Å². The first-order valence-corrected chi connectivity index (χ1v) is 9.92. The number of esters is 1. The second kappa shape index (κ2) is 9.07. The van der Waals surface area contributed by atoms with E-state index in [4.69, 9.17) is 11.6 Å². The SMILES string of the molecule is COC(=O)c1ccc(C(=O)NCC(=O)N2CCN(c3cccc(Cl)c3)CC2)s1. The standard InChI is InChI=1S/C19H20ClN3O4S/c1-27-19(26)16-6-5-15(28-16)18(25)21-12-17(24)23-9-7-22(8-10-23)14-4-2-3-13(20)11-14/h2-6,11H,7-10,12H2,1H3,(H,21,25). The van der Waals surface area contributed by atoms with Crippen LogP contribution >= 0.6 is 22.9 Å². The summed E-state index contributed by atoms with van der Waals surface area (Å²) in [4.78, 5) is 40.6. The highest BCUT2D eigenvalue weighted by atomic mass is 35.5. The first-order chi connectivity index (χ1) is 13.5. The van der Waals surface area contributed by atoms with E-state index in [1.165, 1.54) is 13.2 Å². The molecule has 0 spiro atoms. The van der Waals surface area contributed by atoms with Gasteiger partial charge in [0.25, 0.3) is 5.91 Å². The van der Waals surface area contributed by atoms with E-state index in [2.05, 4.69) is 15.0 Å². The summed E-state index contributed by atoms with van der Waals surface area (Å²) in [6, 6.07) is 10.7. The number of hydrogen-bond donors (Lipinski definition) is 1. The lowest BCUT2D eigenvalue weighted by Crippen LogP contribution is -2.51. The van der Waals surface area contributed by atoms with Gasteiger partial charge in [0.1, 0.15) is 4.88 Å². The summed E-state index contributed by atoms with van der Waals surface area (Å²) in [5, 5.41) is 3.30. The molecule has 9 heteroatoms. The zero-order valence-corrected chi connectivity index (χ0v) is 16.9. The first kappa shape index (κ1) is 20.2. The molecule has 1 aromatic carbocycles. The second-order valence-corrected chi connectivity index (χ2v) is 7.71. The lowest BCUT2D eigenvalue weighted by molar-refractivity contribution is -0.130. The van der Waals surface area contributed by atoms with Gasteiger partial charge in [0.2, 0.25) is 5.91 Å². The molecule has 2 heterocycles. The monoisotopic (exact) mass is 421 g/mol. The Morgan fingerprint density at radius 3 is 2.50 bits per heavy atom. The highest BCUT2D eigenvalue weighted by Crippen LogP contribution is 2.21. The molecule has 148 valence electrons. The smallest absolute Gasteiger partial charge is 0.348 e. The maximum Gasteiger partial charge on any atom is 0.348 e. The van der Waals surface area contributed by atoms with Crippen LogP contribution in [0.25, 0.3) is 0 Å². The zero-order valence-electron chi connectivity index (χ0n) is 15.3. The van der Waals surface area contributed by atoms with Gasteiger partial charge in [-0.3, -0.25) is 9.59 Å². The number of benzene rings is 1. The fourth-order valence-corrected chi connectivity index (χ4v) is 3.94. The molecule has 3 rings (SSSR count). The van der Waals surface area contributed by atoms with Gasteiger partial charge in [0.05, 0.1) is 18.5 Å². The van der Waals surface area contributed by atoms with Crippen LogP contribution in [-0.2, 0) is 9.53 Å². The Morgan fingerprint density at radius 1 is 1.11 bits per heavy atom. The maximum absolute atomic E-state index is 12.4. The Labute approximate surface area is 171 Å². The Morgan fingerprint density at radius 2 is 1.82 bits per heavy atom. The lowest BCUT2D eigenvalue weighted by Gasteiger charge is -2.36. The maximum atomic E-state index is 12.4. The molecular formula is C19H20ClN3O4S. The van der Waals surface area contributed by atoms with Crippen LogP contribution in [0.5, 0.6) is 0 Å². The normalized spacial score (nSPS) is 13.9. The number of rotatable bonds is 5. The largest absolute Gasteiger partial charge is 0.465 e. The molecule has 1 saturated heterocycles. The van der Waals surface area contributed by atoms with Crippen molar-refractivity contribution in [1.82, 2.24) is 10.2 Å². The molecule has 0 atom stereocenters. The number of anilines is 1. The van der Waals surface area contributed by atoms with E-state index in [0.717, 1.165) is 17.0 Å². The molecule has 0 radical (unpaired) electrons. The third kappa shape index (κ3) is 4.82. The lowest BCUT2D eigenvalue weighted by atomic mass is 10.2. The topological polar surface area (TPSA) is 78.9 Å². The van der Waals surface area contributed by atoms with E-state index >= 15 is 0 Å². The van der Waals surface area contributed by atoms with E-state index in [-0.39, 0.29) is 18.4 Å². The quantitative estimate of drug-likeness (QED) is 0.749. The Bertz CT molecular complexity index is 878. The Balaban J connectivity index is 1.47. The van der Waals surface area contributed by atoms with Crippen LogP contribution < -0.4 is 10.2 Å². The number of methoxy groups -OCH3 is 1. The number of thiophene rings is 1. The predicted octanol–water partition coefficient (Wildman–Crippen LogP) is 2.27. The van der Waals surface area contributed by atoms with Crippen molar-refractivity contribution in [2.75, 3.05) is 44.7 Å². The van der Waals surface area contributed by atoms with E-state index in [0.29, 0.717) is 41.0 Å². The molecular weight excluding hydrogens is 402 g/mol. The van der Waals surface area contributed by atoms with Gasteiger partial charge in [-0.1, -0.05) is 17.7 Å². The van der Waals surface area contributed by atoms with Gasteiger partial charge in [-0.25, -0.2) is 4.79 Å². The molecule has 2 aromatic rings. The average molecular weight is 422 g/mol. The summed E-state index contributed by atoms with van der Waals surface area (Å²) in [6.07, 6.45) is 0. The van der Waals surface area contributed by atoms with Gasteiger partial charge in [-0.05, 0) is 30.3 Å².